The van der Waals surface area contributed by atoms with Crippen molar-refractivity contribution in [2.75, 3.05) is 19.6 Å². The number of piperidine rings is 1. The van der Waals surface area contributed by atoms with E-state index >= 15 is 0 Å². The second-order valence-electron chi connectivity index (χ2n) is 4.40. The van der Waals surface area contributed by atoms with Crippen molar-refractivity contribution < 1.29 is 9.59 Å². The van der Waals surface area contributed by atoms with E-state index in [1.54, 1.807) is 11.0 Å². The molecule has 0 spiro atoms. The highest BCUT2D eigenvalue weighted by Gasteiger charge is 2.21. The van der Waals surface area contributed by atoms with E-state index in [2.05, 4.69) is 5.32 Å². The Kier molecular flexibility index (Phi) is 4.33. The first kappa shape index (κ1) is 13.0. The quantitative estimate of drug-likeness (QED) is 0.834. The minimum absolute atomic E-state index is 0.0451. The van der Waals surface area contributed by atoms with Gasteiger partial charge >= 0.3 is 0 Å². The molecular formula is C12H17N3O2S. The van der Waals surface area contributed by atoms with Crippen LogP contribution in [0.2, 0.25) is 0 Å². The lowest BCUT2D eigenvalue weighted by atomic mass is 10.1. The Morgan fingerprint density at radius 1 is 1.56 bits per heavy atom. The number of hydrogen-bond donors (Lipinski definition) is 2. The van der Waals surface area contributed by atoms with Crippen LogP contribution in [-0.2, 0) is 4.79 Å². The minimum Gasteiger partial charge on any atom is -0.342 e. The van der Waals surface area contributed by atoms with Gasteiger partial charge in [-0.05, 0) is 24.3 Å². The summed E-state index contributed by atoms with van der Waals surface area (Å²) in [7, 11) is 0. The molecule has 1 aromatic heterocycles. The van der Waals surface area contributed by atoms with E-state index in [0.29, 0.717) is 11.4 Å². The first-order valence-corrected chi connectivity index (χ1v) is 6.90. The van der Waals surface area contributed by atoms with Crippen molar-refractivity contribution >= 4 is 23.2 Å². The molecule has 0 bridgehead atoms. The maximum Gasteiger partial charge on any atom is 0.261 e. The zero-order valence-electron chi connectivity index (χ0n) is 10.1. The summed E-state index contributed by atoms with van der Waals surface area (Å²) in [5.41, 5.74) is 5.82. The molecule has 98 valence electrons. The lowest BCUT2D eigenvalue weighted by molar-refractivity contribution is -0.131. The molecule has 3 N–H and O–H groups in total. The predicted molar refractivity (Wildman–Crippen MR) is 70.4 cm³/mol. The molecular weight excluding hydrogens is 250 g/mol. The summed E-state index contributed by atoms with van der Waals surface area (Å²) in [6, 6.07) is 3.61. The zero-order valence-corrected chi connectivity index (χ0v) is 10.9. The molecule has 1 fully saturated rings. The van der Waals surface area contributed by atoms with Crippen LogP contribution in [-0.4, -0.2) is 42.4 Å². The normalized spacial score (nSPS) is 19.6. The van der Waals surface area contributed by atoms with Crippen LogP contribution in [0.5, 0.6) is 0 Å². The van der Waals surface area contributed by atoms with Gasteiger partial charge in [-0.25, -0.2) is 0 Å². The Bertz CT molecular complexity index is 419. The molecule has 0 radical (unpaired) electrons. The Morgan fingerprint density at radius 3 is 3.06 bits per heavy atom. The van der Waals surface area contributed by atoms with E-state index in [0.717, 1.165) is 19.4 Å². The van der Waals surface area contributed by atoms with Crippen LogP contribution in [0.4, 0.5) is 0 Å². The number of rotatable bonds is 3. The molecule has 2 amide bonds. The third kappa shape index (κ3) is 3.30. The van der Waals surface area contributed by atoms with Gasteiger partial charge in [0.2, 0.25) is 5.91 Å². The van der Waals surface area contributed by atoms with Gasteiger partial charge in [-0.2, -0.15) is 0 Å². The van der Waals surface area contributed by atoms with Gasteiger partial charge < -0.3 is 16.0 Å². The van der Waals surface area contributed by atoms with Crippen LogP contribution in [0.3, 0.4) is 0 Å². The molecule has 0 saturated carbocycles. The van der Waals surface area contributed by atoms with Crippen LogP contribution in [0.15, 0.2) is 17.5 Å². The molecule has 1 aliphatic heterocycles. The fraction of sp³-hybridized carbons (Fsp3) is 0.500. The molecule has 0 aromatic carbocycles. The molecule has 1 aliphatic rings. The Hall–Kier alpha value is -1.40. The summed E-state index contributed by atoms with van der Waals surface area (Å²) in [4.78, 5) is 25.9. The van der Waals surface area contributed by atoms with Gasteiger partial charge in [-0.3, -0.25) is 9.59 Å². The van der Waals surface area contributed by atoms with Crippen molar-refractivity contribution in [1.29, 1.82) is 0 Å². The molecule has 0 aliphatic carbocycles. The summed E-state index contributed by atoms with van der Waals surface area (Å²) in [6.45, 7) is 1.37. The van der Waals surface area contributed by atoms with Crippen molar-refractivity contribution in [1.82, 2.24) is 10.2 Å². The summed E-state index contributed by atoms with van der Waals surface area (Å²) in [5.74, 6) is -0.255. The molecule has 6 heteroatoms. The first-order valence-electron chi connectivity index (χ1n) is 6.02. The molecule has 18 heavy (non-hydrogen) atoms. The lowest BCUT2D eigenvalue weighted by Gasteiger charge is -2.30. The van der Waals surface area contributed by atoms with Crippen molar-refractivity contribution in [2.24, 2.45) is 5.73 Å². The fourth-order valence-electron chi connectivity index (χ4n) is 2.00. The molecule has 1 atom stereocenters. The number of amides is 2. The number of likely N-dealkylation sites (tertiary alicyclic amines) is 1. The Labute approximate surface area is 110 Å². The van der Waals surface area contributed by atoms with Crippen molar-refractivity contribution in [2.45, 2.75) is 18.9 Å². The SMILES string of the molecule is NC1CCCN(C(=O)CNC(=O)c2cccs2)C1. The topological polar surface area (TPSA) is 75.4 Å². The Morgan fingerprint density at radius 2 is 2.39 bits per heavy atom. The van der Waals surface area contributed by atoms with Gasteiger partial charge in [0, 0.05) is 19.1 Å². The number of nitrogens with one attached hydrogen (secondary N) is 1. The highest BCUT2D eigenvalue weighted by Crippen LogP contribution is 2.09. The van der Waals surface area contributed by atoms with Gasteiger partial charge in [-0.1, -0.05) is 6.07 Å². The first-order chi connectivity index (χ1) is 8.66. The molecule has 2 heterocycles. The van der Waals surface area contributed by atoms with Crippen molar-refractivity contribution in [3.63, 3.8) is 0 Å². The summed E-state index contributed by atoms with van der Waals surface area (Å²) in [6.07, 6.45) is 1.90. The molecule has 1 aromatic rings. The highest BCUT2D eigenvalue weighted by molar-refractivity contribution is 7.12. The number of carbonyl (C=O) groups is 2. The van der Waals surface area contributed by atoms with Gasteiger partial charge in [0.25, 0.3) is 5.91 Å². The third-order valence-corrected chi connectivity index (χ3v) is 3.82. The monoisotopic (exact) mass is 267 g/mol. The van der Waals surface area contributed by atoms with Crippen LogP contribution in [0.25, 0.3) is 0 Å². The number of nitrogens with zero attached hydrogens (tertiary/aromatic N) is 1. The number of nitrogens with two attached hydrogens (primary N) is 1. The van der Waals surface area contributed by atoms with Gasteiger partial charge in [0.05, 0.1) is 11.4 Å². The minimum atomic E-state index is -0.195. The van der Waals surface area contributed by atoms with Gasteiger partial charge in [0.1, 0.15) is 0 Å². The Balaban J connectivity index is 1.79. The van der Waals surface area contributed by atoms with Crippen LogP contribution >= 0.6 is 11.3 Å². The molecule has 5 nitrogen and oxygen atoms in total. The molecule has 2 rings (SSSR count). The summed E-state index contributed by atoms with van der Waals surface area (Å²) in [5, 5.41) is 4.47. The predicted octanol–water partition coefficient (Wildman–Crippen LogP) is 0.428. The highest BCUT2D eigenvalue weighted by atomic mass is 32.1. The lowest BCUT2D eigenvalue weighted by Crippen LogP contribution is -2.48. The van der Waals surface area contributed by atoms with E-state index in [4.69, 9.17) is 5.73 Å². The largest absolute Gasteiger partial charge is 0.342 e. The number of hydrogen-bond acceptors (Lipinski definition) is 4. The average Bonchev–Trinajstić information content (AvgIpc) is 2.89. The smallest absolute Gasteiger partial charge is 0.261 e. The standard InChI is InChI=1S/C12H17N3O2S/c13-9-3-1-5-15(8-9)11(16)7-14-12(17)10-4-2-6-18-10/h2,4,6,9H,1,3,5,7-8,13H2,(H,14,17). The maximum absolute atomic E-state index is 11.9. The molecule has 1 unspecified atom stereocenters. The van der Waals surface area contributed by atoms with Crippen molar-refractivity contribution in [3.8, 4) is 0 Å². The van der Waals surface area contributed by atoms with E-state index < -0.39 is 0 Å². The van der Waals surface area contributed by atoms with Gasteiger partial charge in [-0.15, -0.1) is 11.3 Å². The number of thiophene rings is 1. The second kappa shape index (κ2) is 5.97. The summed E-state index contributed by atoms with van der Waals surface area (Å²) >= 11 is 1.36. The van der Waals surface area contributed by atoms with E-state index in [1.165, 1.54) is 11.3 Å². The maximum atomic E-state index is 11.9. The average molecular weight is 267 g/mol. The third-order valence-electron chi connectivity index (χ3n) is 2.96. The van der Waals surface area contributed by atoms with Crippen LogP contribution in [0.1, 0.15) is 22.5 Å². The van der Waals surface area contributed by atoms with E-state index in [1.807, 2.05) is 11.4 Å². The second-order valence-corrected chi connectivity index (χ2v) is 5.35. The molecule has 1 saturated heterocycles. The number of carbonyl (C=O) groups excluding carboxylic acids is 2. The van der Waals surface area contributed by atoms with Crippen molar-refractivity contribution in [3.05, 3.63) is 22.4 Å². The van der Waals surface area contributed by atoms with Crippen LogP contribution < -0.4 is 11.1 Å². The fourth-order valence-corrected chi connectivity index (χ4v) is 2.64. The zero-order chi connectivity index (χ0) is 13.0. The van der Waals surface area contributed by atoms with Gasteiger partial charge in [0.15, 0.2) is 0 Å². The summed E-state index contributed by atoms with van der Waals surface area (Å²) < 4.78 is 0. The van der Waals surface area contributed by atoms with E-state index in [-0.39, 0.29) is 24.4 Å². The van der Waals surface area contributed by atoms with E-state index in [9.17, 15) is 9.59 Å². The van der Waals surface area contributed by atoms with Crippen LogP contribution in [0, 0.1) is 0 Å².